The van der Waals surface area contributed by atoms with Crippen LogP contribution in [0.4, 0.5) is 14.5 Å². The highest BCUT2D eigenvalue weighted by Crippen LogP contribution is 2.24. The van der Waals surface area contributed by atoms with Crippen LogP contribution >= 0.6 is 11.8 Å². The SMILES string of the molecule is CSc1nc(C(C)C)nc(C)c1C(=O)Nc1ccc(F)c(F)c1. The summed E-state index contributed by atoms with van der Waals surface area (Å²) in [4.78, 5) is 21.2. The maximum Gasteiger partial charge on any atom is 0.260 e. The van der Waals surface area contributed by atoms with E-state index in [-0.39, 0.29) is 11.6 Å². The number of rotatable bonds is 4. The third-order valence-electron chi connectivity index (χ3n) is 3.19. The molecule has 1 N–H and O–H groups in total. The number of nitrogens with one attached hydrogen (secondary N) is 1. The fourth-order valence-corrected chi connectivity index (χ4v) is 2.63. The van der Waals surface area contributed by atoms with Gasteiger partial charge in [0.05, 0.1) is 11.3 Å². The number of thioether (sulfide) groups is 1. The quantitative estimate of drug-likeness (QED) is 0.672. The number of halogens is 2. The van der Waals surface area contributed by atoms with Crippen molar-refractivity contribution in [2.24, 2.45) is 0 Å². The lowest BCUT2D eigenvalue weighted by atomic mass is 10.1. The van der Waals surface area contributed by atoms with E-state index in [1.807, 2.05) is 20.1 Å². The van der Waals surface area contributed by atoms with Crippen molar-refractivity contribution >= 4 is 23.4 Å². The van der Waals surface area contributed by atoms with E-state index in [1.165, 1.54) is 17.8 Å². The summed E-state index contributed by atoms with van der Waals surface area (Å²) >= 11 is 1.34. The lowest BCUT2D eigenvalue weighted by Gasteiger charge is -2.13. The van der Waals surface area contributed by atoms with Crippen LogP contribution in [0.3, 0.4) is 0 Å². The Morgan fingerprint density at radius 3 is 2.48 bits per heavy atom. The Bertz CT molecular complexity index is 750. The molecule has 0 bridgehead atoms. The van der Waals surface area contributed by atoms with E-state index in [1.54, 1.807) is 6.92 Å². The van der Waals surface area contributed by atoms with E-state index in [9.17, 15) is 13.6 Å². The number of hydrogen-bond acceptors (Lipinski definition) is 4. The second-order valence-electron chi connectivity index (χ2n) is 5.29. The maximum absolute atomic E-state index is 13.2. The molecule has 0 fully saturated rings. The van der Waals surface area contributed by atoms with Gasteiger partial charge in [-0.3, -0.25) is 4.79 Å². The molecule has 0 saturated heterocycles. The van der Waals surface area contributed by atoms with Crippen molar-refractivity contribution in [3.8, 4) is 0 Å². The van der Waals surface area contributed by atoms with Crippen molar-refractivity contribution in [2.45, 2.75) is 31.7 Å². The van der Waals surface area contributed by atoms with Gasteiger partial charge in [0.25, 0.3) is 5.91 Å². The molecule has 2 rings (SSSR count). The average Bonchev–Trinajstić information content (AvgIpc) is 2.49. The average molecular weight is 337 g/mol. The van der Waals surface area contributed by atoms with Gasteiger partial charge in [0.1, 0.15) is 10.9 Å². The van der Waals surface area contributed by atoms with E-state index in [0.717, 1.165) is 12.1 Å². The zero-order chi connectivity index (χ0) is 17.1. The molecule has 0 saturated carbocycles. The molecule has 0 aliphatic carbocycles. The van der Waals surface area contributed by atoms with Gasteiger partial charge in [-0.05, 0) is 25.3 Å². The van der Waals surface area contributed by atoms with Gasteiger partial charge in [-0.25, -0.2) is 18.7 Å². The van der Waals surface area contributed by atoms with E-state index in [2.05, 4.69) is 15.3 Å². The first-order chi connectivity index (χ1) is 10.8. The van der Waals surface area contributed by atoms with Crippen molar-refractivity contribution in [1.29, 1.82) is 0 Å². The molecule has 1 aromatic heterocycles. The van der Waals surface area contributed by atoms with Gasteiger partial charge in [0.15, 0.2) is 11.6 Å². The molecule has 23 heavy (non-hydrogen) atoms. The summed E-state index contributed by atoms with van der Waals surface area (Å²) in [6.45, 7) is 5.67. The Kier molecular flexibility index (Phi) is 5.30. The Morgan fingerprint density at radius 2 is 1.91 bits per heavy atom. The summed E-state index contributed by atoms with van der Waals surface area (Å²) in [5.74, 6) is -1.63. The first kappa shape index (κ1) is 17.3. The number of benzene rings is 1. The summed E-state index contributed by atoms with van der Waals surface area (Å²) in [5, 5.41) is 3.11. The molecule has 1 aromatic carbocycles. The highest BCUT2D eigenvalue weighted by Gasteiger charge is 2.19. The third kappa shape index (κ3) is 3.85. The summed E-state index contributed by atoms with van der Waals surface area (Å²) in [5.41, 5.74) is 1.06. The Labute approximate surface area is 137 Å². The van der Waals surface area contributed by atoms with Gasteiger partial charge in [-0.15, -0.1) is 11.8 Å². The molecule has 2 aromatic rings. The van der Waals surface area contributed by atoms with Crippen LogP contribution in [0.2, 0.25) is 0 Å². The van der Waals surface area contributed by atoms with E-state index in [0.29, 0.717) is 22.1 Å². The number of amides is 1. The van der Waals surface area contributed by atoms with Gasteiger partial charge < -0.3 is 5.32 Å². The zero-order valence-corrected chi connectivity index (χ0v) is 14.1. The van der Waals surface area contributed by atoms with Crippen LogP contribution in [0.5, 0.6) is 0 Å². The first-order valence-electron chi connectivity index (χ1n) is 7.02. The normalized spacial score (nSPS) is 10.9. The van der Waals surface area contributed by atoms with Gasteiger partial charge in [0.2, 0.25) is 0 Å². The zero-order valence-electron chi connectivity index (χ0n) is 13.3. The minimum absolute atomic E-state index is 0.142. The standard InChI is InChI=1S/C16H17F2N3OS/c1-8(2)14-19-9(3)13(16(21-14)23-4)15(22)20-10-5-6-11(17)12(18)7-10/h5-8H,1-4H3,(H,20,22). The largest absolute Gasteiger partial charge is 0.322 e. The number of anilines is 1. The van der Waals surface area contributed by atoms with Crippen LogP contribution < -0.4 is 5.32 Å². The molecule has 0 atom stereocenters. The van der Waals surface area contributed by atoms with Crippen LogP contribution in [0.1, 0.15) is 41.6 Å². The number of carbonyl (C=O) groups excluding carboxylic acids is 1. The number of aryl methyl sites for hydroxylation is 1. The second-order valence-corrected chi connectivity index (χ2v) is 6.08. The Balaban J connectivity index is 2.36. The van der Waals surface area contributed by atoms with E-state index >= 15 is 0 Å². The lowest BCUT2D eigenvalue weighted by molar-refractivity contribution is 0.102. The van der Waals surface area contributed by atoms with Crippen LogP contribution in [0, 0.1) is 18.6 Å². The molecule has 0 aliphatic rings. The summed E-state index contributed by atoms with van der Waals surface area (Å²) in [7, 11) is 0. The minimum Gasteiger partial charge on any atom is -0.322 e. The van der Waals surface area contributed by atoms with Crippen molar-refractivity contribution < 1.29 is 13.6 Å². The fraction of sp³-hybridized carbons (Fsp3) is 0.312. The highest BCUT2D eigenvalue weighted by molar-refractivity contribution is 7.98. The summed E-state index contributed by atoms with van der Waals surface area (Å²) < 4.78 is 26.2. The first-order valence-corrected chi connectivity index (χ1v) is 8.25. The molecule has 0 unspecified atom stereocenters. The van der Waals surface area contributed by atoms with Crippen LogP contribution in [0.15, 0.2) is 23.2 Å². The molecule has 1 heterocycles. The molecular weight excluding hydrogens is 320 g/mol. The molecular formula is C16H17F2N3OS. The number of carbonyl (C=O) groups is 1. The Morgan fingerprint density at radius 1 is 1.22 bits per heavy atom. The molecule has 0 spiro atoms. The van der Waals surface area contributed by atoms with Crippen LogP contribution in [0.25, 0.3) is 0 Å². The van der Waals surface area contributed by atoms with Crippen molar-refractivity contribution in [2.75, 3.05) is 11.6 Å². The maximum atomic E-state index is 13.2. The van der Waals surface area contributed by atoms with Gasteiger partial charge >= 0.3 is 0 Å². The molecule has 1 amide bonds. The molecule has 122 valence electrons. The van der Waals surface area contributed by atoms with Crippen molar-refractivity contribution in [3.05, 3.63) is 46.9 Å². The fourth-order valence-electron chi connectivity index (χ4n) is 2.00. The third-order valence-corrected chi connectivity index (χ3v) is 3.87. The molecule has 4 nitrogen and oxygen atoms in total. The molecule has 7 heteroatoms. The molecule has 0 aliphatic heterocycles. The van der Waals surface area contributed by atoms with Gasteiger partial charge in [-0.2, -0.15) is 0 Å². The predicted molar refractivity (Wildman–Crippen MR) is 87.0 cm³/mol. The van der Waals surface area contributed by atoms with Crippen molar-refractivity contribution in [1.82, 2.24) is 9.97 Å². The molecule has 0 radical (unpaired) electrons. The van der Waals surface area contributed by atoms with Crippen molar-refractivity contribution in [3.63, 3.8) is 0 Å². The smallest absolute Gasteiger partial charge is 0.260 e. The summed E-state index contributed by atoms with van der Waals surface area (Å²) in [6, 6.07) is 3.20. The van der Waals surface area contributed by atoms with E-state index < -0.39 is 17.5 Å². The van der Waals surface area contributed by atoms with Crippen LogP contribution in [-0.4, -0.2) is 22.1 Å². The van der Waals surface area contributed by atoms with Crippen LogP contribution in [-0.2, 0) is 0 Å². The number of hydrogen-bond donors (Lipinski definition) is 1. The monoisotopic (exact) mass is 337 g/mol. The topological polar surface area (TPSA) is 54.9 Å². The van der Waals surface area contributed by atoms with E-state index in [4.69, 9.17) is 0 Å². The number of nitrogens with zero attached hydrogens (tertiary/aromatic N) is 2. The Hall–Kier alpha value is -2.02. The summed E-state index contributed by atoms with van der Waals surface area (Å²) in [6.07, 6.45) is 1.82. The lowest BCUT2D eigenvalue weighted by Crippen LogP contribution is -2.18. The minimum atomic E-state index is -1.02. The van der Waals surface area contributed by atoms with Gasteiger partial charge in [-0.1, -0.05) is 13.8 Å². The number of aromatic nitrogens is 2. The van der Waals surface area contributed by atoms with Gasteiger partial charge in [0, 0.05) is 17.7 Å². The highest BCUT2D eigenvalue weighted by atomic mass is 32.2. The second kappa shape index (κ2) is 7.04. The predicted octanol–water partition coefficient (Wildman–Crippen LogP) is 4.16.